The van der Waals surface area contributed by atoms with Crippen LogP contribution in [0.15, 0.2) is 54.6 Å². The number of sulfone groups is 1. The standard InChI is InChI=1S/C21H23NO5S/c1-26-20-13-16(7-9-19(20)27-14-17-5-3-2-4-6-17)8-10-21(23)22-18-11-12-28(24,25)15-18/h2-10,13,18H,11-12,14-15H2,1H3,(H,22,23). The third-order valence-electron chi connectivity index (χ3n) is 4.43. The molecule has 28 heavy (non-hydrogen) atoms. The minimum atomic E-state index is -3.02. The van der Waals surface area contributed by atoms with Crippen LogP contribution in [0.1, 0.15) is 17.5 Å². The molecule has 1 N–H and O–H groups in total. The van der Waals surface area contributed by atoms with E-state index in [1.165, 1.54) is 6.08 Å². The minimum Gasteiger partial charge on any atom is -0.493 e. The fraction of sp³-hybridized carbons (Fsp3) is 0.286. The highest BCUT2D eigenvalue weighted by Crippen LogP contribution is 2.29. The molecule has 6 nitrogen and oxygen atoms in total. The first-order chi connectivity index (χ1) is 13.4. The topological polar surface area (TPSA) is 81.7 Å². The first kappa shape index (κ1) is 19.9. The highest BCUT2D eigenvalue weighted by molar-refractivity contribution is 7.91. The molecule has 1 saturated heterocycles. The third kappa shape index (κ3) is 5.60. The van der Waals surface area contributed by atoms with Gasteiger partial charge in [0, 0.05) is 12.1 Å². The Morgan fingerprint density at radius 3 is 2.64 bits per heavy atom. The van der Waals surface area contributed by atoms with Gasteiger partial charge in [0.1, 0.15) is 6.61 Å². The largest absolute Gasteiger partial charge is 0.493 e. The summed E-state index contributed by atoms with van der Waals surface area (Å²) in [5.41, 5.74) is 1.83. The Morgan fingerprint density at radius 2 is 1.96 bits per heavy atom. The van der Waals surface area contributed by atoms with Crippen LogP contribution in [-0.2, 0) is 21.2 Å². The highest BCUT2D eigenvalue weighted by Gasteiger charge is 2.28. The molecule has 2 aromatic rings. The first-order valence-corrected chi connectivity index (χ1v) is 10.8. The lowest BCUT2D eigenvalue weighted by molar-refractivity contribution is -0.116. The van der Waals surface area contributed by atoms with Gasteiger partial charge in [0.2, 0.25) is 5.91 Å². The Morgan fingerprint density at radius 1 is 1.18 bits per heavy atom. The van der Waals surface area contributed by atoms with Crippen LogP contribution in [0, 0.1) is 0 Å². The van der Waals surface area contributed by atoms with E-state index in [0.717, 1.165) is 11.1 Å². The average Bonchev–Trinajstić information content (AvgIpc) is 3.04. The molecular formula is C21H23NO5S. The molecule has 2 aromatic carbocycles. The van der Waals surface area contributed by atoms with Crippen molar-refractivity contribution in [2.45, 2.75) is 19.1 Å². The number of methoxy groups -OCH3 is 1. The molecule has 0 spiro atoms. The highest BCUT2D eigenvalue weighted by atomic mass is 32.2. The van der Waals surface area contributed by atoms with Gasteiger partial charge in [0.05, 0.1) is 18.6 Å². The van der Waals surface area contributed by atoms with Crippen LogP contribution in [0.3, 0.4) is 0 Å². The van der Waals surface area contributed by atoms with Gasteiger partial charge in [-0.05, 0) is 35.8 Å². The Hall–Kier alpha value is -2.80. The number of hydrogen-bond acceptors (Lipinski definition) is 5. The van der Waals surface area contributed by atoms with Gasteiger partial charge in [-0.3, -0.25) is 4.79 Å². The van der Waals surface area contributed by atoms with E-state index in [4.69, 9.17) is 9.47 Å². The quantitative estimate of drug-likeness (QED) is 0.721. The smallest absolute Gasteiger partial charge is 0.244 e. The van der Waals surface area contributed by atoms with Gasteiger partial charge in [-0.1, -0.05) is 36.4 Å². The maximum Gasteiger partial charge on any atom is 0.244 e. The molecule has 148 valence electrons. The summed E-state index contributed by atoms with van der Waals surface area (Å²) in [5, 5.41) is 2.72. The normalized spacial score (nSPS) is 18.1. The maximum atomic E-state index is 12.0. The van der Waals surface area contributed by atoms with E-state index >= 15 is 0 Å². The Balaban J connectivity index is 1.59. The van der Waals surface area contributed by atoms with Crippen molar-refractivity contribution in [3.63, 3.8) is 0 Å². The van der Waals surface area contributed by atoms with Crippen LogP contribution < -0.4 is 14.8 Å². The number of hydrogen-bond donors (Lipinski definition) is 1. The molecule has 1 aliphatic heterocycles. The zero-order valence-electron chi connectivity index (χ0n) is 15.6. The number of benzene rings is 2. The lowest BCUT2D eigenvalue weighted by atomic mass is 10.1. The Labute approximate surface area is 165 Å². The SMILES string of the molecule is COc1cc(C=CC(=O)NC2CCS(=O)(=O)C2)ccc1OCc1ccccc1. The maximum absolute atomic E-state index is 12.0. The molecule has 0 radical (unpaired) electrons. The van der Waals surface area contributed by atoms with Crippen LogP contribution in [0.25, 0.3) is 6.08 Å². The Bertz CT molecular complexity index is 954. The predicted octanol–water partition coefficient (Wildman–Crippen LogP) is 2.59. The van der Waals surface area contributed by atoms with E-state index < -0.39 is 9.84 Å². The van der Waals surface area contributed by atoms with Crippen molar-refractivity contribution in [1.29, 1.82) is 0 Å². The fourth-order valence-electron chi connectivity index (χ4n) is 2.97. The second-order valence-electron chi connectivity index (χ2n) is 6.63. The number of carbonyl (C=O) groups is 1. The van der Waals surface area contributed by atoms with Crippen LogP contribution >= 0.6 is 0 Å². The monoisotopic (exact) mass is 401 g/mol. The molecular weight excluding hydrogens is 378 g/mol. The van der Waals surface area contributed by atoms with Gasteiger partial charge in [-0.15, -0.1) is 0 Å². The van der Waals surface area contributed by atoms with Crippen molar-refractivity contribution in [1.82, 2.24) is 5.32 Å². The summed E-state index contributed by atoms with van der Waals surface area (Å²) in [6.45, 7) is 0.430. The fourth-order valence-corrected chi connectivity index (χ4v) is 4.65. The summed E-state index contributed by atoms with van der Waals surface area (Å²) in [4.78, 5) is 12.0. The van der Waals surface area contributed by atoms with Gasteiger partial charge in [-0.25, -0.2) is 8.42 Å². The van der Waals surface area contributed by atoms with Gasteiger partial charge in [-0.2, -0.15) is 0 Å². The van der Waals surface area contributed by atoms with Crippen molar-refractivity contribution < 1.29 is 22.7 Å². The summed E-state index contributed by atoms with van der Waals surface area (Å²) in [5.74, 6) is 1.01. The average molecular weight is 401 g/mol. The van der Waals surface area contributed by atoms with Crippen LogP contribution in [0.4, 0.5) is 0 Å². The van der Waals surface area contributed by atoms with E-state index in [-0.39, 0.29) is 23.5 Å². The van der Waals surface area contributed by atoms with Crippen molar-refractivity contribution >= 4 is 21.8 Å². The van der Waals surface area contributed by atoms with Crippen molar-refractivity contribution in [2.75, 3.05) is 18.6 Å². The number of rotatable bonds is 7. The Kier molecular flexibility index (Phi) is 6.36. The van der Waals surface area contributed by atoms with E-state index in [1.807, 2.05) is 36.4 Å². The summed E-state index contributed by atoms with van der Waals surface area (Å²) in [6, 6.07) is 14.9. The molecule has 1 unspecified atom stereocenters. The van der Waals surface area contributed by atoms with E-state index in [0.29, 0.717) is 24.5 Å². The second kappa shape index (κ2) is 8.93. The molecule has 1 atom stereocenters. The van der Waals surface area contributed by atoms with Gasteiger partial charge < -0.3 is 14.8 Å². The molecule has 1 aliphatic rings. The minimum absolute atomic E-state index is 0.00779. The van der Waals surface area contributed by atoms with Crippen LogP contribution in [-0.4, -0.2) is 39.0 Å². The van der Waals surface area contributed by atoms with E-state index in [9.17, 15) is 13.2 Å². The van der Waals surface area contributed by atoms with Gasteiger partial charge in [0.25, 0.3) is 0 Å². The van der Waals surface area contributed by atoms with Crippen molar-refractivity contribution in [2.24, 2.45) is 0 Å². The second-order valence-corrected chi connectivity index (χ2v) is 8.86. The number of carbonyl (C=O) groups excluding carboxylic acids is 1. The van der Waals surface area contributed by atoms with Gasteiger partial charge in [0.15, 0.2) is 21.3 Å². The summed E-state index contributed by atoms with van der Waals surface area (Å²) >= 11 is 0. The molecule has 0 aliphatic carbocycles. The third-order valence-corrected chi connectivity index (χ3v) is 6.20. The van der Waals surface area contributed by atoms with Crippen LogP contribution in [0.5, 0.6) is 11.5 Å². The van der Waals surface area contributed by atoms with Crippen molar-refractivity contribution in [3.05, 3.63) is 65.7 Å². The summed E-state index contributed by atoms with van der Waals surface area (Å²) in [6.07, 6.45) is 3.51. The number of nitrogens with one attached hydrogen (secondary N) is 1. The zero-order valence-corrected chi connectivity index (χ0v) is 16.4. The lowest BCUT2D eigenvalue weighted by Crippen LogP contribution is -2.34. The van der Waals surface area contributed by atoms with Crippen molar-refractivity contribution in [3.8, 4) is 11.5 Å². The van der Waals surface area contributed by atoms with Crippen LogP contribution in [0.2, 0.25) is 0 Å². The summed E-state index contributed by atoms with van der Waals surface area (Å²) < 4.78 is 34.1. The molecule has 1 heterocycles. The first-order valence-electron chi connectivity index (χ1n) is 8.99. The number of amides is 1. The molecule has 0 aromatic heterocycles. The van der Waals surface area contributed by atoms with E-state index in [2.05, 4.69) is 5.32 Å². The lowest BCUT2D eigenvalue weighted by Gasteiger charge is -2.11. The molecule has 1 amide bonds. The molecule has 0 saturated carbocycles. The van der Waals surface area contributed by atoms with Gasteiger partial charge >= 0.3 is 0 Å². The predicted molar refractivity (Wildman–Crippen MR) is 108 cm³/mol. The molecule has 3 rings (SSSR count). The molecule has 0 bridgehead atoms. The molecule has 7 heteroatoms. The zero-order chi connectivity index (χ0) is 20.0. The summed E-state index contributed by atoms with van der Waals surface area (Å²) in [7, 11) is -1.46. The van der Waals surface area contributed by atoms with E-state index in [1.54, 1.807) is 25.3 Å². The number of ether oxygens (including phenoxy) is 2. The molecule has 1 fully saturated rings.